The zero-order valence-electron chi connectivity index (χ0n) is 34.2. The number of hydrogen-bond donors (Lipinski definition) is 2. The number of carbonyl (C=O) groups excluding carboxylic acids is 2. The highest BCUT2D eigenvalue weighted by atomic mass is 16.5. The van der Waals surface area contributed by atoms with Crippen LogP contribution >= 0.6 is 0 Å². The van der Waals surface area contributed by atoms with Crippen molar-refractivity contribution in [1.82, 2.24) is 10.6 Å². The molecule has 0 aliphatic heterocycles. The summed E-state index contributed by atoms with van der Waals surface area (Å²) < 4.78 is 6.21. The van der Waals surface area contributed by atoms with E-state index < -0.39 is 0 Å². The van der Waals surface area contributed by atoms with Crippen LogP contribution in [-0.4, -0.2) is 31.5 Å². The second-order valence-corrected chi connectivity index (χ2v) is 15.3. The van der Waals surface area contributed by atoms with E-state index in [1.807, 2.05) is 0 Å². The number of rotatable bonds is 38. The molecular weight excluding hydrogens is 629 g/mol. The van der Waals surface area contributed by atoms with Crippen molar-refractivity contribution in [2.24, 2.45) is 0 Å². The van der Waals surface area contributed by atoms with Crippen LogP contribution in [0.2, 0.25) is 0 Å². The molecule has 1 rings (SSSR count). The Kier molecular flexibility index (Phi) is 33.5. The molecule has 0 aliphatic carbocycles. The molecule has 0 saturated carbocycles. The van der Waals surface area contributed by atoms with Gasteiger partial charge in [-0.3, -0.25) is 9.59 Å². The lowest BCUT2D eigenvalue weighted by molar-refractivity contribution is 0.0937. The van der Waals surface area contributed by atoms with Crippen LogP contribution in [-0.2, 0) is 0 Å². The molecule has 0 unspecified atom stereocenters. The molecule has 51 heavy (non-hydrogen) atoms. The highest BCUT2D eigenvalue weighted by Gasteiger charge is 2.16. The van der Waals surface area contributed by atoms with Crippen molar-refractivity contribution in [2.75, 3.05) is 19.7 Å². The fraction of sp³-hybridized carbons (Fsp3) is 0.826. The topological polar surface area (TPSA) is 67.4 Å². The summed E-state index contributed by atoms with van der Waals surface area (Å²) >= 11 is 0. The molecule has 0 bridgehead atoms. The summed E-state index contributed by atoms with van der Waals surface area (Å²) in [7, 11) is 0. The molecule has 0 spiro atoms. The van der Waals surface area contributed by atoms with Crippen LogP contribution in [0.1, 0.15) is 247 Å². The maximum atomic E-state index is 13.2. The average Bonchev–Trinajstić information content (AvgIpc) is 3.14. The van der Waals surface area contributed by atoms with Crippen LogP contribution < -0.4 is 15.4 Å². The summed E-state index contributed by atoms with van der Waals surface area (Å²) in [6, 6.07) is 5.34. The van der Waals surface area contributed by atoms with E-state index in [0.29, 0.717) is 36.6 Å². The number of benzene rings is 1. The summed E-state index contributed by atoms with van der Waals surface area (Å²) in [6.45, 7) is 8.74. The molecule has 2 N–H and O–H groups in total. The zero-order valence-corrected chi connectivity index (χ0v) is 34.2. The number of unbranched alkanes of at least 4 members (excludes halogenated alkanes) is 29. The van der Waals surface area contributed by atoms with Crippen LogP contribution in [0.3, 0.4) is 0 Å². The van der Waals surface area contributed by atoms with Crippen LogP contribution in [0.4, 0.5) is 0 Å². The number of ether oxygens (including phenoxy) is 1. The summed E-state index contributed by atoms with van der Waals surface area (Å²) in [5.74, 6) is 0.344. The monoisotopic (exact) mass is 713 g/mol. The molecule has 0 fully saturated rings. The minimum absolute atomic E-state index is 0.0845. The third-order valence-electron chi connectivity index (χ3n) is 10.4. The van der Waals surface area contributed by atoms with Crippen molar-refractivity contribution in [2.45, 2.75) is 226 Å². The molecule has 296 valence electrons. The molecule has 5 heteroatoms. The normalized spacial score (nSPS) is 11.2. The quantitative estimate of drug-likeness (QED) is 0.0671. The maximum absolute atomic E-state index is 13.2. The number of carbonyl (C=O) groups is 2. The van der Waals surface area contributed by atoms with Gasteiger partial charge in [-0.05, 0) is 37.5 Å². The van der Waals surface area contributed by atoms with Gasteiger partial charge in [0, 0.05) is 18.7 Å². The van der Waals surface area contributed by atoms with Gasteiger partial charge >= 0.3 is 0 Å². The van der Waals surface area contributed by atoms with Gasteiger partial charge in [0.2, 0.25) is 0 Å². The Morgan fingerprint density at radius 3 is 1.16 bits per heavy atom. The summed E-state index contributed by atoms with van der Waals surface area (Å²) in [5, 5.41) is 6.22. The maximum Gasteiger partial charge on any atom is 0.255 e. The molecule has 2 amide bonds. The van der Waals surface area contributed by atoms with E-state index in [1.54, 1.807) is 18.2 Å². The molecule has 1 aromatic rings. The highest BCUT2D eigenvalue weighted by Crippen LogP contribution is 2.22. The predicted octanol–water partition coefficient (Wildman–Crippen LogP) is 14.1. The Balaban J connectivity index is 2.46. The minimum Gasteiger partial charge on any atom is -0.493 e. The Labute approximate surface area is 317 Å². The van der Waals surface area contributed by atoms with Gasteiger partial charge in [-0.25, -0.2) is 0 Å². The first-order valence-corrected chi connectivity index (χ1v) is 22.5. The second kappa shape index (κ2) is 36.3. The molecule has 0 aliphatic rings. The van der Waals surface area contributed by atoms with Crippen LogP contribution in [0.5, 0.6) is 5.75 Å². The first-order chi connectivity index (χ1) is 25.1. The first kappa shape index (κ1) is 47.0. The third-order valence-corrected chi connectivity index (χ3v) is 10.4. The Morgan fingerprint density at radius 2 is 0.765 bits per heavy atom. The molecule has 0 heterocycles. The number of amides is 2. The van der Waals surface area contributed by atoms with Crippen LogP contribution in [0.15, 0.2) is 18.2 Å². The highest BCUT2D eigenvalue weighted by molar-refractivity contribution is 6.00. The fourth-order valence-corrected chi connectivity index (χ4v) is 6.92. The molecular formula is C46H84N2O3. The van der Waals surface area contributed by atoms with E-state index in [0.717, 1.165) is 38.5 Å². The van der Waals surface area contributed by atoms with E-state index >= 15 is 0 Å². The van der Waals surface area contributed by atoms with Gasteiger partial charge in [0.25, 0.3) is 11.8 Å². The Bertz CT molecular complexity index is 933. The van der Waals surface area contributed by atoms with Gasteiger partial charge in [-0.1, -0.05) is 207 Å². The average molecular weight is 713 g/mol. The van der Waals surface area contributed by atoms with Crippen molar-refractivity contribution in [3.8, 4) is 5.75 Å². The second-order valence-electron chi connectivity index (χ2n) is 15.3. The van der Waals surface area contributed by atoms with E-state index in [2.05, 4.69) is 31.4 Å². The SMILES string of the molecule is CCCCCCCCCCCCCNC(=O)c1ccc(C(=O)NCCCCCCCCCCCCC)c(OCCCCCCCCCCCC)c1. The Morgan fingerprint density at radius 1 is 0.431 bits per heavy atom. The lowest BCUT2D eigenvalue weighted by Gasteiger charge is -2.14. The van der Waals surface area contributed by atoms with E-state index in [4.69, 9.17) is 4.74 Å². The molecule has 0 radical (unpaired) electrons. The fourth-order valence-electron chi connectivity index (χ4n) is 6.92. The number of hydrogen-bond acceptors (Lipinski definition) is 3. The van der Waals surface area contributed by atoms with Crippen molar-refractivity contribution in [3.05, 3.63) is 29.3 Å². The van der Waals surface area contributed by atoms with Gasteiger partial charge < -0.3 is 15.4 Å². The minimum atomic E-state index is -0.104. The van der Waals surface area contributed by atoms with Crippen molar-refractivity contribution >= 4 is 11.8 Å². The predicted molar refractivity (Wildman–Crippen MR) is 221 cm³/mol. The lowest BCUT2D eigenvalue weighted by Crippen LogP contribution is -2.26. The smallest absolute Gasteiger partial charge is 0.255 e. The number of nitrogens with one attached hydrogen (secondary N) is 2. The molecule has 1 aromatic carbocycles. The van der Waals surface area contributed by atoms with Crippen molar-refractivity contribution < 1.29 is 14.3 Å². The summed E-state index contributed by atoms with van der Waals surface area (Å²) in [5.41, 5.74) is 1.10. The molecule has 0 aromatic heterocycles. The first-order valence-electron chi connectivity index (χ1n) is 22.5. The van der Waals surface area contributed by atoms with E-state index in [1.165, 1.54) is 167 Å². The largest absolute Gasteiger partial charge is 0.493 e. The van der Waals surface area contributed by atoms with Gasteiger partial charge in [-0.15, -0.1) is 0 Å². The summed E-state index contributed by atoms with van der Waals surface area (Å²) in [6.07, 6.45) is 41.1. The van der Waals surface area contributed by atoms with Gasteiger partial charge in [-0.2, -0.15) is 0 Å². The van der Waals surface area contributed by atoms with Gasteiger partial charge in [0.15, 0.2) is 0 Å². The van der Waals surface area contributed by atoms with E-state index in [-0.39, 0.29) is 11.8 Å². The van der Waals surface area contributed by atoms with Crippen LogP contribution in [0, 0.1) is 0 Å². The van der Waals surface area contributed by atoms with Crippen molar-refractivity contribution in [1.29, 1.82) is 0 Å². The zero-order chi connectivity index (χ0) is 36.9. The van der Waals surface area contributed by atoms with E-state index in [9.17, 15) is 9.59 Å². The van der Waals surface area contributed by atoms with Crippen molar-refractivity contribution in [3.63, 3.8) is 0 Å². The van der Waals surface area contributed by atoms with Gasteiger partial charge in [0.05, 0.1) is 12.2 Å². The summed E-state index contributed by atoms with van der Waals surface area (Å²) in [4.78, 5) is 26.3. The Hall–Kier alpha value is -2.04. The van der Waals surface area contributed by atoms with Gasteiger partial charge in [0.1, 0.15) is 5.75 Å². The lowest BCUT2D eigenvalue weighted by atomic mass is 10.1. The van der Waals surface area contributed by atoms with Crippen LogP contribution in [0.25, 0.3) is 0 Å². The molecule has 0 atom stereocenters. The molecule has 5 nitrogen and oxygen atoms in total. The molecule has 0 saturated heterocycles. The third kappa shape index (κ3) is 28.2. The standard InChI is InChI=1S/C46H84N2O3/c1-4-7-10-13-16-19-22-24-27-30-33-38-47-45(49)42-36-37-43(44(41-42)51-40-35-32-29-26-21-18-15-12-9-6-3)46(50)48-39-34-31-28-25-23-20-17-14-11-8-5-2/h36-37,41H,4-35,38-40H2,1-3H3,(H,47,49)(H,48,50).